The average Bonchev–Trinajstić information content (AvgIpc) is 2.92. The molecule has 2 atom stereocenters. The highest BCUT2D eigenvalue weighted by Gasteiger charge is 2.53. The largest absolute Gasteiger partial charge is 0.496 e. The second kappa shape index (κ2) is 7.64. The van der Waals surface area contributed by atoms with E-state index in [1.807, 2.05) is 12.1 Å². The van der Waals surface area contributed by atoms with Crippen molar-refractivity contribution in [1.82, 2.24) is 0 Å². The number of benzene rings is 2. The van der Waals surface area contributed by atoms with Crippen LogP contribution in [0.25, 0.3) is 0 Å². The number of carbonyl (C=O) groups is 3. The first-order valence-electron chi connectivity index (χ1n) is 8.66. The van der Waals surface area contributed by atoms with Gasteiger partial charge in [0.2, 0.25) is 5.78 Å². The minimum Gasteiger partial charge on any atom is -0.496 e. The third kappa shape index (κ3) is 3.41. The fourth-order valence-corrected chi connectivity index (χ4v) is 3.69. The molecule has 1 amide bonds. The number of rotatable bonds is 5. The van der Waals surface area contributed by atoms with Gasteiger partial charge in [-0.15, -0.1) is 0 Å². The number of Topliss-reactive ketones (excluding diaryl/α,β-unsaturated/α-hetero) is 2. The normalized spacial score (nSPS) is 19.7. The SMILES string of the molecule is COc1ccccc1[C@@H]1C(C(=O)C(C)C)C(=O)C(=O)N1c1ccc(Br)cc1. The summed E-state index contributed by atoms with van der Waals surface area (Å²) < 4.78 is 6.31. The van der Waals surface area contributed by atoms with E-state index in [0.29, 0.717) is 17.0 Å². The summed E-state index contributed by atoms with van der Waals surface area (Å²) in [6, 6.07) is 13.5. The zero-order valence-electron chi connectivity index (χ0n) is 15.3. The van der Waals surface area contributed by atoms with Gasteiger partial charge >= 0.3 is 0 Å². The molecule has 140 valence electrons. The zero-order chi connectivity index (χ0) is 19.7. The second-order valence-electron chi connectivity index (χ2n) is 6.74. The van der Waals surface area contributed by atoms with Gasteiger partial charge in [-0.1, -0.05) is 48.0 Å². The summed E-state index contributed by atoms with van der Waals surface area (Å²) >= 11 is 3.37. The van der Waals surface area contributed by atoms with E-state index in [1.54, 1.807) is 50.2 Å². The molecule has 1 aliphatic rings. The molecular formula is C21H20BrNO4. The minimum absolute atomic E-state index is 0.246. The lowest BCUT2D eigenvalue weighted by Gasteiger charge is -2.29. The molecule has 1 heterocycles. The summed E-state index contributed by atoms with van der Waals surface area (Å²) in [6.07, 6.45) is 0. The first-order chi connectivity index (χ1) is 12.9. The molecule has 0 aromatic heterocycles. The van der Waals surface area contributed by atoms with Gasteiger partial charge in [-0.2, -0.15) is 0 Å². The van der Waals surface area contributed by atoms with Crippen molar-refractivity contribution < 1.29 is 19.1 Å². The van der Waals surface area contributed by atoms with Gasteiger partial charge < -0.3 is 4.74 Å². The summed E-state index contributed by atoms with van der Waals surface area (Å²) in [7, 11) is 1.53. The predicted octanol–water partition coefficient (Wildman–Crippen LogP) is 3.96. The molecular weight excluding hydrogens is 410 g/mol. The van der Waals surface area contributed by atoms with E-state index in [-0.39, 0.29) is 11.7 Å². The molecule has 6 heteroatoms. The van der Waals surface area contributed by atoms with Crippen LogP contribution in [-0.2, 0) is 14.4 Å². The van der Waals surface area contributed by atoms with E-state index in [0.717, 1.165) is 4.47 Å². The molecule has 1 unspecified atom stereocenters. The lowest BCUT2D eigenvalue weighted by atomic mass is 9.84. The van der Waals surface area contributed by atoms with Gasteiger partial charge in [0.05, 0.1) is 13.2 Å². The lowest BCUT2D eigenvalue weighted by Crippen LogP contribution is -2.32. The molecule has 1 fully saturated rings. The van der Waals surface area contributed by atoms with Crippen LogP contribution in [0.4, 0.5) is 5.69 Å². The third-order valence-electron chi connectivity index (χ3n) is 4.74. The fraction of sp³-hybridized carbons (Fsp3) is 0.286. The molecule has 3 rings (SSSR count). The van der Waals surface area contributed by atoms with Gasteiger partial charge in [0.1, 0.15) is 17.5 Å². The Morgan fingerprint density at radius 3 is 2.30 bits per heavy atom. The fourth-order valence-electron chi connectivity index (χ4n) is 3.42. The highest BCUT2D eigenvalue weighted by atomic mass is 79.9. The quantitative estimate of drug-likeness (QED) is 0.532. The molecule has 5 nitrogen and oxygen atoms in total. The average molecular weight is 430 g/mol. The van der Waals surface area contributed by atoms with E-state index in [9.17, 15) is 14.4 Å². The van der Waals surface area contributed by atoms with Gasteiger partial charge in [0.25, 0.3) is 5.91 Å². The smallest absolute Gasteiger partial charge is 0.295 e. The van der Waals surface area contributed by atoms with Crippen LogP contribution in [0.3, 0.4) is 0 Å². The summed E-state index contributed by atoms with van der Waals surface area (Å²) in [5.41, 5.74) is 1.20. The van der Waals surface area contributed by atoms with Crippen LogP contribution in [0.1, 0.15) is 25.5 Å². The van der Waals surface area contributed by atoms with Crippen molar-refractivity contribution >= 4 is 39.1 Å². The molecule has 0 aliphatic carbocycles. The van der Waals surface area contributed by atoms with Gasteiger partial charge in [-0.05, 0) is 30.3 Å². The van der Waals surface area contributed by atoms with Crippen molar-refractivity contribution in [2.24, 2.45) is 11.8 Å². The second-order valence-corrected chi connectivity index (χ2v) is 7.65. The number of hydrogen-bond donors (Lipinski definition) is 0. The van der Waals surface area contributed by atoms with E-state index >= 15 is 0 Å². The minimum atomic E-state index is -1.06. The van der Waals surface area contributed by atoms with Crippen LogP contribution in [0.2, 0.25) is 0 Å². The van der Waals surface area contributed by atoms with Gasteiger partial charge in [-0.25, -0.2) is 0 Å². The Morgan fingerprint density at radius 2 is 1.70 bits per heavy atom. The van der Waals surface area contributed by atoms with Gasteiger partial charge in [-0.3, -0.25) is 19.3 Å². The topological polar surface area (TPSA) is 63.7 Å². The third-order valence-corrected chi connectivity index (χ3v) is 5.27. The molecule has 0 N–H and O–H groups in total. The molecule has 1 aliphatic heterocycles. The Labute approximate surface area is 166 Å². The van der Waals surface area contributed by atoms with Gasteiger partial charge in [0.15, 0.2) is 0 Å². The summed E-state index contributed by atoms with van der Waals surface area (Å²) in [6.45, 7) is 3.48. The Balaban J connectivity index is 2.21. The first-order valence-corrected chi connectivity index (χ1v) is 9.45. The summed E-state index contributed by atoms with van der Waals surface area (Å²) in [5.74, 6) is -2.48. The Bertz CT molecular complexity index is 891. The van der Waals surface area contributed by atoms with Crippen LogP contribution < -0.4 is 9.64 Å². The number of carbonyl (C=O) groups excluding carboxylic acids is 3. The Morgan fingerprint density at radius 1 is 1.07 bits per heavy atom. The maximum Gasteiger partial charge on any atom is 0.295 e. The monoisotopic (exact) mass is 429 g/mol. The number of ether oxygens (including phenoxy) is 1. The molecule has 2 aromatic rings. The first kappa shape index (κ1) is 19.3. The maximum atomic E-state index is 12.9. The van der Waals surface area contributed by atoms with Crippen molar-refractivity contribution in [2.75, 3.05) is 12.0 Å². The van der Waals surface area contributed by atoms with Crippen molar-refractivity contribution in [2.45, 2.75) is 19.9 Å². The highest BCUT2D eigenvalue weighted by Crippen LogP contribution is 2.44. The number of hydrogen-bond acceptors (Lipinski definition) is 4. The highest BCUT2D eigenvalue weighted by molar-refractivity contribution is 9.10. The van der Waals surface area contributed by atoms with Crippen molar-refractivity contribution in [3.05, 3.63) is 58.6 Å². The van der Waals surface area contributed by atoms with Crippen molar-refractivity contribution in [1.29, 1.82) is 0 Å². The van der Waals surface area contributed by atoms with E-state index < -0.39 is 23.7 Å². The molecule has 27 heavy (non-hydrogen) atoms. The van der Waals surface area contributed by atoms with Crippen LogP contribution in [0.15, 0.2) is 53.0 Å². The number of methoxy groups -OCH3 is 1. The van der Waals surface area contributed by atoms with Crippen LogP contribution >= 0.6 is 15.9 Å². The summed E-state index contributed by atoms with van der Waals surface area (Å²) in [5, 5.41) is 0. The van der Waals surface area contributed by atoms with E-state index in [1.165, 1.54) is 12.0 Å². The number of para-hydroxylation sites is 1. The van der Waals surface area contributed by atoms with Crippen molar-refractivity contribution in [3.8, 4) is 5.75 Å². The molecule has 1 saturated heterocycles. The van der Waals surface area contributed by atoms with E-state index in [4.69, 9.17) is 4.74 Å². The van der Waals surface area contributed by atoms with Crippen LogP contribution in [0.5, 0.6) is 5.75 Å². The molecule has 0 saturated carbocycles. The standard InChI is InChI=1S/C21H20BrNO4/c1-12(2)19(24)17-18(15-6-4-5-7-16(15)27-3)23(21(26)20(17)25)14-10-8-13(22)9-11-14/h4-12,17-18H,1-3H3/t17?,18-/m1/s1. The number of ketones is 2. The van der Waals surface area contributed by atoms with Crippen LogP contribution in [-0.4, -0.2) is 24.6 Å². The van der Waals surface area contributed by atoms with Crippen molar-refractivity contribution in [3.63, 3.8) is 0 Å². The van der Waals surface area contributed by atoms with Gasteiger partial charge in [0, 0.05) is 21.6 Å². The number of nitrogens with zero attached hydrogens (tertiary/aromatic N) is 1. The molecule has 0 bridgehead atoms. The zero-order valence-corrected chi connectivity index (χ0v) is 16.9. The predicted molar refractivity (Wildman–Crippen MR) is 106 cm³/mol. The Hall–Kier alpha value is -2.47. The molecule has 2 aromatic carbocycles. The van der Waals surface area contributed by atoms with Crippen LogP contribution in [0, 0.1) is 11.8 Å². The lowest BCUT2D eigenvalue weighted by molar-refractivity contribution is -0.139. The molecule has 0 spiro atoms. The number of halogens is 1. The molecule has 0 radical (unpaired) electrons. The number of anilines is 1. The van der Waals surface area contributed by atoms with E-state index in [2.05, 4.69) is 15.9 Å². The maximum absolute atomic E-state index is 12.9. The Kier molecular flexibility index (Phi) is 5.46. The number of amides is 1. The summed E-state index contributed by atoms with van der Waals surface area (Å²) in [4.78, 5) is 40.0.